The Morgan fingerprint density at radius 2 is 2.07 bits per heavy atom. The van der Waals surface area contributed by atoms with Crippen LogP contribution >= 0.6 is 11.6 Å². The minimum Gasteiger partial charge on any atom is -0.480 e. The number of pyridine rings is 2. The van der Waals surface area contributed by atoms with Gasteiger partial charge in [0.15, 0.2) is 11.6 Å². The molecule has 1 saturated carbocycles. The van der Waals surface area contributed by atoms with Gasteiger partial charge in [-0.3, -0.25) is 4.79 Å². The fourth-order valence-corrected chi connectivity index (χ4v) is 3.41. The van der Waals surface area contributed by atoms with Crippen molar-refractivity contribution in [3.05, 3.63) is 34.7 Å². The molecule has 10 heteroatoms. The molecule has 2 heterocycles. The monoisotopic (exact) mass is 408 g/mol. The second kappa shape index (κ2) is 8.57. The maximum absolute atomic E-state index is 14.5. The van der Waals surface area contributed by atoms with Crippen molar-refractivity contribution < 1.29 is 13.9 Å². The van der Waals surface area contributed by atoms with Crippen molar-refractivity contribution in [3.8, 4) is 5.88 Å². The van der Waals surface area contributed by atoms with Gasteiger partial charge in [-0.25, -0.2) is 14.4 Å². The quantitative estimate of drug-likeness (QED) is 0.578. The van der Waals surface area contributed by atoms with Gasteiger partial charge in [-0.05, 0) is 25.0 Å². The SMILES string of the molecule is COc1ncc(Nc2nc(N[C@@H]3CCCC[C@@H]3N)c(F)cc2C(N)=O)cc1Cl. The lowest BCUT2D eigenvalue weighted by Crippen LogP contribution is -2.43. The third-order valence-electron chi connectivity index (χ3n) is 4.65. The third-order valence-corrected chi connectivity index (χ3v) is 4.92. The fraction of sp³-hybridized carbons (Fsp3) is 0.389. The van der Waals surface area contributed by atoms with Gasteiger partial charge in [-0.15, -0.1) is 0 Å². The normalized spacial score (nSPS) is 19.1. The molecule has 28 heavy (non-hydrogen) atoms. The molecule has 0 aromatic carbocycles. The maximum Gasteiger partial charge on any atom is 0.252 e. The van der Waals surface area contributed by atoms with Gasteiger partial charge >= 0.3 is 0 Å². The number of nitrogens with one attached hydrogen (secondary N) is 2. The molecule has 0 unspecified atom stereocenters. The second-order valence-electron chi connectivity index (χ2n) is 6.62. The van der Waals surface area contributed by atoms with Crippen molar-refractivity contribution in [2.75, 3.05) is 17.7 Å². The van der Waals surface area contributed by atoms with E-state index in [4.69, 9.17) is 27.8 Å². The van der Waals surface area contributed by atoms with Gasteiger partial charge in [0.25, 0.3) is 5.91 Å². The number of ether oxygens (including phenoxy) is 1. The molecule has 8 nitrogen and oxygen atoms in total. The number of hydrogen-bond acceptors (Lipinski definition) is 7. The summed E-state index contributed by atoms with van der Waals surface area (Å²) in [5.74, 6) is -1.15. The molecule has 1 fully saturated rings. The van der Waals surface area contributed by atoms with Crippen molar-refractivity contribution in [3.63, 3.8) is 0 Å². The number of nitrogens with zero attached hydrogens (tertiary/aromatic N) is 2. The number of primary amides is 1. The molecule has 2 aromatic rings. The summed E-state index contributed by atoms with van der Waals surface area (Å²) in [7, 11) is 1.45. The first-order valence-corrected chi connectivity index (χ1v) is 9.26. The number of carbonyl (C=O) groups excluding carboxylic acids is 1. The van der Waals surface area contributed by atoms with Crippen LogP contribution < -0.4 is 26.8 Å². The van der Waals surface area contributed by atoms with E-state index in [0.717, 1.165) is 31.7 Å². The fourth-order valence-electron chi connectivity index (χ4n) is 3.17. The summed E-state index contributed by atoms with van der Waals surface area (Å²) >= 11 is 6.07. The van der Waals surface area contributed by atoms with Crippen molar-refractivity contribution in [2.24, 2.45) is 11.5 Å². The Hall–Kier alpha value is -2.65. The van der Waals surface area contributed by atoms with Gasteiger partial charge in [-0.2, -0.15) is 0 Å². The molecule has 0 saturated heterocycles. The molecule has 1 aliphatic carbocycles. The van der Waals surface area contributed by atoms with E-state index in [-0.39, 0.29) is 40.2 Å². The van der Waals surface area contributed by atoms with Gasteiger partial charge in [0.1, 0.15) is 10.8 Å². The van der Waals surface area contributed by atoms with Gasteiger partial charge < -0.3 is 26.8 Å². The topological polar surface area (TPSA) is 128 Å². The predicted octanol–water partition coefficient (Wildman–Crippen LogP) is 2.80. The number of carbonyl (C=O) groups is 1. The third kappa shape index (κ3) is 4.42. The summed E-state index contributed by atoms with van der Waals surface area (Å²) in [6.07, 6.45) is 5.19. The molecule has 0 radical (unpaired) electrons. The van der Waals surface area contributed by atoms with Crippen LogP contribution in [0.3, 0.4) is 0 Å². The summed E-state index contributed by atoms with van der Waals surface area (Å²) in [6.45, 7) is 0. The van der Waals surface area contributed by atoms with Crippen molar-refractivity contribution in [1.82, 2.24) is 9.97 Å². The first kappa shape index (κ1) is 20.1. The largest absolute Gasteiger partial charge is 0.480 e. The summed E-state index contributed by atoms with van der Waals surface area (Å²) in [5, 5.41) is 6.23. The number of nitrogens with two attached hydrogens (primary N) is 2. The molecule has 3 rings (SSSR count). The molecule has 1 aliphatic rings. The van der Waals surface area contributed by atoms with Crippen LogP contribution in [0.2, 0.25) is 5.02 Å². The van der Waals surface area contributed by atoms with Crippen LogP contribution in [0.25, 0.3) is 0 Å². The van der Waals surface area contributed by atoms with Crippen molar-refractivity contribution >= 4 is 34.8 Å². The minimum absolute atomic E-state index is 0.00224. The molecule has 0 spiro atoms. The number of anilines is 3. The Balaban J connectivity index is 1.92. The zero-order valence-corrected chi connectivity index (χ0v) is 16.1. The van der Waals surface area contributed by atoms with E-state index in [1.54, 1.807) is 6.07 Å². The maximum atomic E-state index is 14.5. The lowest BCUT2D eigenvalue weighted by molar-refractivity contribution is 0.100. The highest BCUT2D eigenvalue weighted by Crippen LogP contribution is 2.29. The number of halogens is 2. The van der Waals surface area contributed by atoms with Gasteiger partial charge in [-0.1, -0.05) is 24.4 Å². The van der Waals surface area contributed by atoms with Crippen LogP contribution in [0.5, 0.6) is 5.88 Å². The average molecular weight is 409 g/mol. The van der Waals surface area contributed by atoms with Crippen LogP contribution in [0.15, 0.2) is 18.3 Å². The summed E-state index contributed by atoms with van der Waals surface area (Å²) < 4.78 is 19.5. The number of methoxy groups -OCH3 is 1. The highest BCUT2D eigenvalue weighted by atomic mass is 35.5. The standard InChI is InChI=1S/C18H22ClFN6O2/c1-28-18-11(19)6-9(8-23-18)24-16-10(15(22)27)7-12(20)17(26-16)25-14-5-3-2-4-13(14)21/h6-8,13-14H,2-5,21H2,1H3,(H2,22,27)(H2,24,25,26)/t13-,14+/m0/s1. The van der Waals surface area contributed by atoms with Crippen LogP contribution in [0.4, 0.5) is 21.7 Å². The van der Waals surface area contributed by atoms with E-state index >= 15 is 0 Å². The molecule has 0 bridgehead atoms. The van der Waals surface area contributed by atoms with Crippen LogP contribution in [-0.4, -0.2) is 35.1 Å². The average Bonchev–Trinajstić information content (AvgIpc) is 2.66. The lowest BCUT2D eigenvalue weighted by Gasteiger charge is -2.30. The zero-order chi connectivity index (χ0) is 20.3. The van der Waals surface area contributed by atoms with E-state index in [1.165, 1.54) is 13.3 Å². The molecule has 2 aromatic heterocycles. The molecule has 0 aliphatic heterocycles. The smallest absolute Gasteiger partial charge is 0.252 e. The summed E-state index contributed by atoms with van der Waals surface area (Å²) in [6, 6.07) is 2.41. The molecular formula is C18H22ClFN6O2. The number of hydrogen-bond donors (Lipinski definition) is 4. The summed E-state index contributed by atoms with van der Waals surface area (Å²) in [5.41, 5.74) is 11.8. The predicted molar refractivity (Wildman–Crippen MR) is 106 cm³/mol. The zero-order valence-electron chi connectivity index (χ0n) is 15.3. The van der Waals surface area contributed by atoms with Crippen molar-refractivity contribution in [1.29, 1.82) is 0 Å². The van der Waals surface area contributed by atoms with E-state index < -0.39 is 11.7 Å². The van der Waals surface area contributed by atoms with Crippen molar-refractivity contribution in [2.45, 2.75) is 37.8 Å². The Morgan fingerprint density at radius 3 is 2.71 bits per heavy atom. The Bertz CT molecular complexity index is 881. The van der Waals surface area contributed by atoms with E-state index in [0.29, 0.717) is 5.69 Å². The summed E-state index contributed by atoms with van der Waals surface area (Å²) in [4.78, 5) is 20.0. The Morgan fingerprint density at radius 1 is 1.32 bits per heavy atom. The molecule has 150 valence electrons. The van der Waals surface area contributed by atoms with Crippen LogP contribution in [0, 0.1) is 5.82 Å². The van der Waals surface area contributed by atoms with Gasteiger partial charge in [0.2, 0.25) is 5.88 Å². The molecule has 2 atom stereocenters. The molecular weight excluding hydrogens is 387 g/mol. The van der Waals surface area contributed by atoms with E-state index in [9.17, 15) is 9.18 Å². The second-order valence-corrected chi connectivity index (χ2v) is 7.03. The van der Waals surface area contributed by atoms with Gasteiger partial charge in [0.05, 0.1) is 24.6 Å². The Kier molecular flexibility index (Phi) is 6.15. The van der Waals surface area contributed by atoms with Gasteiger partial charge in [0, 0.05) is 12.1 Å². The highest BCUT2D eigenvalue weighted by molar-refractivity contribution is 6.32. The molecule has 1 amide bonds. The number of amides is 1. The minimum atomic E-state index is -0.817. The van der Waals surface area contributed by atoms with E-state index in [1.807, 2.05) is 0 Å². The number of aromatic nitrogens is 2. The number of rotatable bonds is 6. The van der Waals surface area contributed by atoms with E-state index in [2.05, 4.69) is 20.6 Å². The van der Waals surface area contributed by atoms with Crippen LogP contribution in [0.1, 0.15) is 36.0 Å². The highest BCUT2D eigenvalue weighted by Gasteiger charge is 2.24. The lowest BCUT2D eigenvalue weighted by atomic mass is 9.91. The first-order chi connectivity index (χ1) is 13.4. The Labute approximate surface area is 166 Å². The first-order valence-electron chi connectivity index (χ1n) is 8.88. The van der Waals surface area contributed by atoms with Crippen LogP contribution in [-0.2, 0) is 0 Å². The molecule has 6 N–H and O–H groups in total.